The molecule has 4 N–H and O–H groups in total. The number of nitrogens with one attached hydrogen (secondary N) is 1. The number of benzene rings is 1. The summed E-state index contributed by atoms with van der Waals surface area (Å²) in [5, 5.41) is 17.7. The predicted molar refractivity (Wildman–Crippen MR) is 79.9 cm³/mol. The number of aliphatic imine (C=N–C) groups is 1. The Morgan fingerprint density at radius 3 is 2.65 bits per heavy atom. The number of rotatable bonds is 2. The summed E-state index contributed by atoms with van der Waals surface area (Å²) < 4.78 is 38.8. The van der Waals surface area contributed by atoms with E-state index in [-0.39, 0.29) is 16.3 Å². The third kappa shape index (κ3) is 3.78. The maximum atomic E-state index is 12.9. The first-order chi connectivity index (χ1) is 10.7. The van der Waals surface area contributed by atoms with Gasteiger partial charge in [0, 0.05) is 11.2 Å². The number of aromatic nitrogens is 1. The van der Waals surface area contributed by atoms with Crippen LogP contribution in [0.25, 0.3) is 0 Å². The van der Waals surface area contributed by atoms with Crippen LogP contribution in [0.4, 0.5) is 13.2 Å². The number of phenolic OH excluding ortho intramolecular Hbond substituents is 1. The number of hydrogen-bond donors (Lipinski definition) is 3. The Hall–Kier alpha value is -2.61. The third-order valence-corrected chi connectivity index (χ3v) is 3.04. The van der Waals surface area contributed by atoms with Crippen LogP contribution >= 0.6 is 11.6 Å². The van der Waals surface area contributed by atoms with Crippen LogP contribution in [0.1, 0.15) is 16.8 Å². The van der Waals surface area contributed by atoms with Crippen molar-refractivity contribution < 1.29 is 18.3 Å². The van der Waals surface area contributed by atoms with Crippen molar-refractivity contribution in [1.29, 1.82) is 5.41 Å². The minimum absolute atomic E-state index is 0.0649. The Labute approximate surface area is 133 Å². The Morgan fingerprint density at radius 2 is 2.00 bits per heavy atom. The Bertz CT molecular complexity index is 790. The smallest absolute Gasteiger partial charge is 0.418 e. The normalized spacial score (nSPS) is 12.3. The van der Waals surface area contributed by atoms with Crippen molar-refractivity contribution >= 4 is 23.3 Å². The van der Waals surface area contributed by atoms with E-state index in [0.717, 1.165) is 18.3 Å². The molecule has 2 aromatic rings. The maximum absolute atomic E-state index is 12.9. The van der Waals surface area contributed by atoms with Crippen LogP contribution < -0.4 is 5.73 Å². The van der Waals surface area contributed by atoms with Gasteiger partial charge in [-0.2, -0.15) is 13.2 Å². The topological polar surface area (TPSA) is 95.4 Å². The van der Waals surface area contributed by atoms with Crippen molar-refractivity contribution in [2.75, 3.05) is 0 Å². The van der Waals surface area contributed by atoms with E-state index >= 15 is 0 Å². The summed E-state index contributed by atoms with van der Waals surface area (Å²) in [6.45, 7) is 0. The molecule has 1 heterocycles. The molecule has 9 heteroatoms. The lowest BCUT2D eigenvalue weighted by atomic mass is 10.1. The van der Waals surface area contributed by atoms with Crippen molar-refractivity contribution in [3.8, 4) is 5.75 Å². The summed E-state index contributed by atoms with van der Waals surface area (Å²) in [6.07, 6.45) is -3.53. The van der Waals surface area contributed by atoms with Crippen LogP contribution in [0.15, 0.2) is 41.5 Å². The van der Waals surface area contributed by atoms with Gasteiger partial charge in [-0.3, -0.25) is 10.4 Å². The highest BCUT2D eigenvalue weighted by Crippen LogP contribution is 2.31. The zero-order valence-corrected chi connectivity index (χ0v) is 12.2. The molecule has 0 fully saturated rings. The highest BCUT2D eigenvalue weighted by Gasteiger charge is 2.34. The molecule has 0 spiro atoms. The van der Waals surface area contributed by atoms with E-state index in [1.165, 1.54) is 18.2 Å². The van der Waals surface area contributed by atoms with Crippen molar-refractivity contribution in [1.82, 2.24) is 4.98 Å². The second kappa shape index (κ2) is 6.25. The monoisotopic (exact) mass is 342 g/mol. The lowest BCUT2D eigenvalue weighted by Gasteiger charge is -2.11. The number of alkyl halides is 3. The van der Waals surface area contributed by atoms with E-state index in [4.69, 9.17) is 22.7 Å². The van der Waals surface area contributed by atoms with Crippen LogP contribution in [0, 0.1) is 5.41 Å². The van der Waals surface area contributed by atoms with Crippen LogP contribution in [0.2, 0.25) is 5.02 Å². The first-order valence-electron chi connectivity index (χ1n) is 6.14. The third-order valence-electron chi connectivity index (χ3n) is 2.80. The molecule has 0 radical (unpaired) electrons. The van der Waals surface area contributed by atoms with E-state index in [0.29, 0.717) is 0 Å². The van der Waals surface area contributed by atoms with E-state index in [1.807, 2.05) is 0 Å². The summed E-state index contributed by atoms with van der Waals surface area (Å²) in [4.78, 5) is 7.16. The fourth-order valence-corrected chi connectivity index (χ4v) is 1.94. The Balaban J connectivity index is 2.45. The minimum Gasteiger partial charge on any atom is -0.507 e. The number of hydrogen-bond acceptors (Lipinski definition) is 3. The Kier molecular flexibility index (Phi) is 4.55. The number of aromatic hydroxyl groups is 1. The molecule has 23 heavy (non-hydrogen) atoms. The molecule has 0 aliphatic carbocycles. The van der Waals surface area contributed by atoms with Crippen molar-refractivity contribution in [3.63, 3.8) is 0 Å². The first-order valence-corrected chi connectivity index (χ1v) is 6.52. The molecule has 0 unspecified atom stereocenters. The zero-order chi connectivity index (χ0) is 17.2. The number of nitrogens with zero attached hydrogens (tertiary/aromatic N) is 2. The largest absolute Gasteiger partial charge is 0.507 e. The van der Waals surface area contributed by atoms with Gasteiger partial charge in [0.2, 0.25) is 0 Å². The average Bonchev–Trinajstić information content (AvgIpc) is 2.48. The van der Waals surface area contributed by atoms with Gasteiger partial charge in [0.05, 0.1) is 11.1 Å². The molecule has 0 saturated carbocycles. The summed E-state index contributed by atoms with van der Waals surface area (Å²) in [5.74, 6) is -1.43. The fourth-order valence-electron chi connectivity index (χ4n) is 1.77. The van der Waals surface area contributed by atoms with Crippen molar-refractivity contribution in [2.24, 2.45) is 10.7 Å². The molecule has 0 atom stereocenters. The van der Waals surface area contributed by atoms with Gasteiger partial charge in [0.25, 0.3) is 0 Å². The highest BCUT2D eigenvalue weighted by atomic mass is 35.5. The molecular weight excluding hydrogens is 333 g/mol. The molecule has 0 aliphatic rings. The van der Waals surface area contributed by atoms with Gasteiger partial charge < -0.3 is 10.8 Å². The minimum atomic E-state index is -4.66. The number of nitrogens with two attached hydrogens (primary N) is 1. The van der Waals surface area contributed by atoms with Gasteiger partial charge in [-0.05, 0) is 30.3 Å². The van der Waals surface area contributed by atoms with Gasteiger partial charge in [-0.25, -0.2) is 4.99 Å². The molecular formula is C14H10ClF3N4O. The molecule has 2 rings (SSSR count). The Morgan fingerprint density at radius 1 is 1.30 bits per heavy atom. The lowest BCUT2D eigenvalue weighted by molar-refractivity contribution is -0.137. The second-order valence-electron chi connectivity index (χ2n) is 4.40. The van der Waals surface area contributed by atoms with E-state index in [2.05, 4.69) is 9.98 Å². The van der Waals surface area contributed by atoms with E-state index in [9.17, 15) is 18.3 Å². The molecule has 0 amide bonds. The predicted octanol–water partition coefficient (Wildman–Crippen LogP) is 3.19. The van der Waals surface area contributed by atoms with Crippen LogP contribution in [0.5, 0.6) is 5.75 Å². The molecule has 0 saturated heterocycles. The molecule has 0 aliphatic heterocycles. The highest BCUT2D eigenvalue weighted by molar-refractivity contribution is 6.31. The van der Waals surface area contributed by atoms with Crippen molar-refractivity contribution in [2.45, 2.75) is 6.18 Å². The number of phenols is 1. The summed E-state index contributed by atoms with van der Waals surface area (Å²) >= 11 is 5.75. The summed E-state index contributed by atoms with van der Waals surface area (Å²) in [5.41, 5.74) is 3.83. The molecule has 0 bridgehead atoms. The fraction of sp³-hybridized carbons (Fsp3) is 0.0714. The first kappa shape index (κ1) is 16.8. The van der Waals surface area contributed by atoms with Gasteiger partial charge >= 0.3 is 6.18 Å². The van der Waals surface area contributed by atoms with E-state index < -0.39 is 29.1 Å². The maximum Gasteiger partial charge on any atom is 0.418 e. The SMILES string of the molecule is N=C(N=C(N)c1ncccc1C(F)(F)F)c1cc(Cl)ccc1O. The molecule has 5 nitrogen and oxygen atoms in total. The second-order valence-corrected chi connectivity index (χ2v) is 4.84. The van der Waals surface area contributed by atoms with Gasteiger partial charge in [0.15, 0.2) is 11.7 Å². The number of amidine groups is 2. The van der Waals surface area contributed by atoms with Gasteiger partial charge in [0.1, 0.15) is 11.4 Å². The van der Waals surface area contributed by atoms with Crippen LogP contribution in [-0.4, -0.2) is 21.8 Å². The standard InChI is InChI=1S/C14H10ClF3N4O/c15-7-3-4-10(23)8(6-7)12(19)22-13(20)11-9(14(16,17)18)2-1-5-21-11/h1-6,23H,(H3,19,20,22). The van der Waals surface area contributed by atoms with Gasteiger partial charge in [-0.15, -0.1) is 0 Å². The molecule has 1 aromatic carbocycles. The number of halogens is 4. The van der Waals surface area contributed by atoms with Crippen LogP contribution in [0.3, 0.4) is 0 Å². The van der Waals surface area contributed by atoms with Crippen LogP contribution in [-0.2, 0) is 6.18 Å². The van der Waals surface area contributed by atoms with Gasteiger partial charge in [-0.1, -0.05) is 11.6 Å². The number of pyridine rings is 1. The zero-order valence-electron chi connectivity index (χ0n) is 11.4. The molecule has 1 aromatic heterocycles. The van der Waals surface area contributed by atoms with Crippen molar-refractivity contribution in [3.05, 3.63) is 58.4 Å². The average molecular weight is 343 g/mol. The molecule has 120 valence electrons. The summed E-state index contributed by atoms with van der Waals surface area (Å²) in [6, 6.07) is 5.80. The lowest BCUT2D eigenvalue weighted by Crippen LogP contribution is -2.23. The van der Waals surface area contributed by atoms with E-state index in [1.54, 1.807) is 0 Å². The quantitative estimate of drug-likeness (QED) is 0.577. The summed E-state index contributed by atoms with van der Waals surface area (Å²) in [7, 11) is 0.